The molecule has 0 fully saturated rings. The lowest BCUT2D eigenvalue weighted by atomic mass is 10.1. The van der Waals surface area contributed by atoms with E-state index >= 15 is 0 Å². The molecule has 24 heavy (non-hydrogen) atoms. The van der Waals surface area contributed by atoms with Crippen LogP contribution in [0.4, 0.5) is 5.69 Å². The number of hydrogen-bond donors (Lipinski definition) is 2. The second-order valence-electron chi connectivity index (χ2n) is 6.03. The molecule has 0 aliphatic heterocycles. The van der Waals surface area contributed by atoms with Crippen LogP contribution in [0.15, 0.2) is 36.5 Å². The molecular formula is C18H20N4O2. The summed E-state index contributed by atoms with van der Waals surface area (Å²) in [5.41, 5.74) is 3.34. The van der Waals surface area contributed by atoms with Crippen LogP contribution in [0.5, 0.6) is 0 Å². The van der Waals surface area contributed by atoms with Gasteiger partial charge in [0.2, 0.25) is 0 Å². The molecule has 6 nitrogen and oxygen atoms in total. The van der Waals surface area contributed by atoms with Crippen molar-refractivity contribution in [1.29, 1.82) is 0 Å². The number of nitrogens with one attached hydrogen (secondary N) is 1. The summed E-state index contributed by atoms with van der Waals surface area (Å²) in [6.07, 6.45) is 1.73. The molecule has 0 saturated carbocycles. The van der Waals surface area contributed by atoms with Gasteiger partial charge in [0.1, 0.15) is 0 Å². The van der Waals surface area contributed by atoms with E-state index in [1.165, 1.54) is 0 Å². The molecule has 3 aromatic rings. The molecular weight excluding hydrogens is 304 g/mol. The van der Waals surface area contributed by atoms with E-state index in [1.54, 1.807) is 30.5 Å². The van der Waals surface area contributed by atoms with Crippen molar-refractivity contribution in [3.8, 4) is 0 Å². The van der Waals surface area contributed by atoms with Crippen molar-refractivity contribution < 1.29 is 9.90 Å². The molecule has 2 heterocycles. The van der Waals surface area contributed by atoms with Crippen LogP contribution >= 0.6 is 0 Å². The third-order valence-corrected chi connectivity index (χ3v) is 3.86. The first-order valence-electron chi connectivity index (χ1n) is 7.85. The number of hydrogen-bond acceptors (Lipinski definition) is 4. The average molecular weight is 324 g/mol. The Morgan fingerprint density at radius 3 is 2.83 bits per heavy atom. The van der Waals surface area contributed by atoms with Gasteiger partial charge in [0.15, 0.2) is 5.65 Å². The number of benzene rings is 1. The maximum atomic E-state index is 12.6. The molecule has 0 aliphatic carbocycles. The third-order valence-electron chi connectivity index (χ3n) is 3.86. The van der Waals surface area contributed by atoms with E-state index in [4.69, 9.17) is 0 Å². The monoisotopic (exact) mass is 324 g/mol. The van der Waals surface area contributed by atoms with E-state index in [-0.39, 0.29) is 18.6 Å². The number of carbonyl (C=O) groups excluding carboxylic acids is 1. The van der Waals surface area contributed by atoms with Crippen molar-refractivity contribution in [2.24, 2.45) is 0 Å². The molecule has 0 bridgehead atoms. The van der Waals surface area contributed by atoms with Crippen LogP contribution in [-0.2, 0) is 6.61 Å². The van der Waals surface area contributed by atoms with Crippen LogP contribution in [0.1, 0.15) is 41.5 Å². The normalized spacial score (nSPS) is 11.2. The maximum Gasteiger partial charge on any atom is 0.257 e. The predicted molar refractivity (Wildman–Crippen MR) is 93.0 cm³/mol. The molecule has 2 aromatic heterocycles. The minimum absolute atomic E-state index is 0.0648. The minimum Gasteiger partial charge on any atom is -0.392 e. The number of rotatable bonds is 4. The Labute approximate surface area is 140 Å². The van der Waals surface area contributed by atoms with E-state index in [0.717, 1.165) is 16.6 Å². The van der Waals surface area contributed by atoms with Gasteiger partial charge in [-0.1, -0.05) is 12.1 Å². The van der Waals surface area contributed by atoms with Gasteiger partial charge < -0.3 is 10.4 Å². The highest BCUT2D eigenvalue weighted by molar-refractivity contribution is 6.06. The van der Waals surface area contributed by atoms with E-state index in [1.807, 2.05) is 31.5 Å². The lowest BCUT2D eigenvalue weighted by Gasteiger charge is -2.10. The highest BCUT2D eigenvalue weighted by atomic mass is 16.3. The third kappa shape index (κ3) is 3.00. The van der Waals surface area contributed by atoms with Crippen molar-refractivity contribution in [3.05, 3.63) is 53.3 Å². The zero-order valence-corrected chi connectivity index (χ0v) is 13.9. The summed E-state index contributed by atoms with van der Waals surface area (Å²) in [7, 11) is 0. The Kier molecular flexibility index (Phi) is 4.31. The Morgan fingerprint density at radius 1 is 1.33 bits per heavy atom. The van der Waals surface area contributed by atoms with Gasteiger partial charge in [-0.05, 0) is 44.5 Å². The van der Waals surface area contributed by atoms with Gasteiger partial charge in [-0.15, -0.1) is 0 Å². The Morgan fingerprint density at radius 2 is 2.12 bits per heavy atom. The number of aryl methyl sites for hydroxylation is 1. The largest absolute Gasteiger partial charge is 0.392 e. The molecule has 6 heteroatoms. The van der Waals surface area contributed by atoms with Crippen molar-refractivity contribution in [2.45, 2.75) is 33.4 Å². The smallest absolute Gasteiger partial charge is 0.257 e. The van der Waals surface area contributed by atoms with Crippen LogP contribution < -0.4 is 5.32 Å². The standard InChI is InChI=1S/C18H20N4O2/c1-11(2)22-17-14(9-19-22)8-16(12(3)20-17)18(24)21-15-6-4-5-13(7-15)10-23/h4-9,11,23H,10H2,1-3H3,(H,21,24). The van der Waals surface area contributed by atoms with Crippen LogP contribution in [0.25, 0.3) is 11.0 Å². The SMILES string of the molecule is Cc1nc2c(cnn2C(C)C)cc1C(=O)Nc1cccc(CO)c1. The van der Waals surface area contributed by atoms with E-state index in [0.29, 0.717) is 16.9 Å². The number of aliphatic hydroxyl groups is 1. The van der Waals surface area contributed by atoms with Gasteiger partial charge in [0, 0.05) is 17.1 Å². The van der Waals surface area contributed by atoms with Crippen molar-refractivity contribution in [3.63, 3.8) is 0 Å². The number of carbonyl (C=O) groups is 1. The van der Waals surface area contributed by atoms with Gasteiger partial charge in [-0.25, -0.2) is 9.67 Å². The number of aliphatic hydroxyl groups excluding tert-OH is 1. The highest BCUT2D eigenvalue weighted by Crippen LogP contribution is 2.20. The summed E-state index contributed by atoms with van der Waals surface area (Å²) >= 11 is 0. The quantitative estimate of drug-likeness (QED) is 0.773. The second-order valence-corrected chi connectivity index (χ2v) is 6.03. The zero-order valence-electron chi connectivity index (χ0n) is 13.9. The molecule has 1 amide bonds. The van der Waals surface area contributed by atoms with Crippen LogP contribution in [0.2, 0.25) is 0 Å². The molecule has 124 valence electrons. The van der Waals surface area contributed by atoms with Crippen molar-refractivity contribution in [2.75, 3.05) is 5.32 Å². The second kappa shape index (κ2) is 6.41. The first kappa shape index (κ1) is 16.1. The highest BCUT2D eigenvalue weighted by Gasteiger charge is 2.15. The summed E-state index contributed by atoms with van der Waals surface area (Å²) in [6, 6.07) is 9.15. The predicted octanol–water partition coefficient (Wildman–Crippen LogP) is 3.07. The van der Waals surface area contributed by atoms with Gasteiger partial charge in [-0.2, -0.15) is 5.10 Å². The zero-order chi connectivity index (χ0) is 17.3. The van der Waals surface area contributed by atoms with E-state index in [2.05, 4.69) is 15.4 Å². The molecule has 0 unspecified atom stereocenters. The summed E-state index contributed by atoms with van der Waals surface area (Å²) in [6.45, 7) is 5.83. The molecule has 0 radical (unpaired) electrons. The first-order valence-corrected chi connectivity index (χ1v) is 7.85. The Hall–Kier alpha value is -2.73. The van der Waals surface area contributed by atoms with Crippen LogP contribution in [0, 0.1) is 6.92 Å². The number of anilines is 1. The van der Waals surface area contributed by atoms with Crippen LogP contribution in [0.3, 0.4) is 0 Å². The summed E-state index contributed by atoms with van der Waals surface area (Å²) in [5, 5.41) is 17.2. The number of pyridine rings is 1. The van der Waals surface area contributed by atoms with E-state index in [9.17, 15) is 9.90 Å². The van der Waals surface area contributed by atoms with Gasteiger partial charge in [0.05, 0.1) is 24.1 Å². The molecule has 0 saturated heterocycles. The van der Waals surface area contributed by atoms with Gasteiger partial charge in [-0.3, -0.25) is 4.79 Å². The average Bonchev–Trinajstić information content (AvgIpc) is 2.97. The number of fused-ring (bicyclic) bond motifs is 1. The molecule has 0 aliphatic rings. The van der Waals surface area contributed by atoms with E-state index < -0.39 is 0 Å². The first-order chi connectivity index (χ1) is 11.5. The van der Waals surface area contributed by atoms with Crippen molar-refractivity contribution in [1.82, 2.24) is 14.8 Å². The Bertz CT molecular complexity index is 899. The minimum atomic E-state index is -0.228. The molecule has 1 aromatic carbocycles. The fraction of sp³-hybridized carbons (Fsp3) is 0.278. The number of amides is 1. The van der Waals surface area contributed by atoms with Gasteiger partial charge in [0.25, 0.3) is 5.91 Å². The Balaban J connectivity index is 1.93. The fourth-order valence-corrected chi connectivity index (χ4v) is 2.62. The molecule has 2 N–H and O–H groups in total. The maximum absolute atomic E-state index is 12.6. The fourth-order valence-electron chi connectivity index (χ4n) is 2.62. The molecule has 0 spiro atoms. The molecule has 3 rings (SSSR count). The molecule has 0 atom stereocenters. The van der Waals surface area contributed by atoms with Crippen molar-refractivity contribution >= 4 is 22.6 Å². The number of nitrogens with zero attached hydrogens (tertiary/aromatic N) is 3. The topological polar surface area (TPSA) is 80.0 Å². The van der Waals surface area contributed by atoms with Crippen LogP contribution in [-0.4, -0.2) is 25.8 Å². The number of aromatic nitrogens is 3. The van der Waals surface area contributed by atoms with Gasteiger partial charge >= 0.3 is 0 Å². The lowest BCUT2D eigenvalue weighted by Crippen LogP contribution is -2.14. The summed E-state index contributed by atoms with van der Waals surface area (Å²) in [4.78, 5) is 17.1. The summed E-state index contributed by atoms with van der Waals surface area (Å²) < 4.78 is 1.84. The lowest BCUT2D eigenvalue weighted by molar-refractivity contribution is 0.102. The summed E-state index contributed by atoms with van der Waals surface area (Å²) in [5.74, 6) is -0.228.